The molecular weight excluding hydrogens is 490 g/mol. The summed E-state index contributed by atoms with van der Waals surface area (Å²) < 4.78 is 5.49. The van der Waals surface area contributed by atoms with Crippen LogP contribution >= 0.6 is 0 Å². The van der Waals surface area contributed by atoms with Crippen molar-refractivity contribution >= 4 is 10.9 Å². The number of para-hydroxylation sites is 1. The standard InChI is InChI=1S/C37H31NO2/c1-23-8-14-26(15-9-23)37(27-16-10-24(2)11-17-27)32-21-18-28(39)22-31(32)34(25-12-19-29(40-3)20-13-25)35-30-6-4-5-7-33(30)38-36(35)37/h4-22,34,38-39H,1-3H3. The maximum Gasteiger partial charge on any atom is 0.118 e. The summed E-state index contributed by atoms with van der Waals surface area (Å²) in [4.78, 5) is 3.92. The fourth-order valence-corrected chi connectivity index (χ4v) is 6.70. The first-order valence-electron chi connectivity index (χ1n) is 13.7. The second-order valence-electron chi connectivity index (χ2n) is 10.9. The predicted octanol–water partition coefficient (Wildman–Crippen LogP) is 8.38. The molecule has 1 aliphatic carbocycles. The van der Waals surface area contributed by atoms with Crippen molar-refractivity contribution in [2.45, 2.75) is 25.2 Å². The Morgan fingerprint density at radius 3 is 1.98 bits per heavy atom. The SMILES string of the molecule is COc1ccc(C2c3cc(O)ccc3C(c3ccc(C)cc3)(c3ccc(C)cc3)c3[nH]c4ccccc4c32)cc1. The first-order chi connectivity index (χ1) is 19.5. The predicted molar refractivity (Wildman–Crippen MR) is 162 cm³/mol. The average molecular weight is 522 g/mol. The van der Waals surface area contributed by atoms with Gasteiger partial charge in [-0.3, -0.25) is 0 Å². The van der Waals surface area contributed by atoms with E-state index in [4.69, 9.17) is 4.74 Å². The third-order valence-electron chi connectivity index (χ3n) is 8.58. The van der Waals surface area contributed by atoms with Crippen molar-refractivity contribution in [3.63, 3.8) is 0 Å². The normalized spacial score (nSPS) is 15.4. The van der Waals surface area contributed by atoms with Crippen molar-refractivity contribution in [2.24, 2.45) is 0 Å². The van der Waals surface area contributed by atoms with E-state index in [1.165, 1.54) is 38.9 Å². The second-order valence-corrected chi connectivity index (χ2v) is 10.9. The molecule has 0 bridgehead atoms. The van der Waals surface area contributed by atoms with Gasteiger partial charge in [0.05, 0.1) is 12.5 Å². The highest BCUT2D eigenvalue weighted by molar-refractivity contribution is 5.90. The maximum absolute atomic E-state index is 10.9. The third-order valence-corrected chi connectivity index (χ3v) is 8.58. The van der Waals surface area contributed by atoms with Gasteiger partial charge in [0.15, 0.2) is 0 Å². The van der Waals surface area contributed by atoms with Gasteiger partial charge in [-0.25, -0.2) is 0 Å². The molecule has 0 aliphatic heterocycles. The number of methoxy groups -OCH3 is 1. The van der Waals surface area contributed by atoms with E-state index in [0.29, 0.717) is 0 Å². The van der Waals surface area contributed by atoms with Crippen molar-refractivity contribution in [3.8, 4) is 11.5 Å². The van der Waals surface area contributed by atoms with E-state index in [9.17, 15) is 5.11 Å². The molecule has 3 nitrogen and oxygen atoms in total. The molecule has 0 amide bonds. The molecule has 0 saturated carbocycles. The summed E-state index contributed by atoms with van der Waals surface area (Å²) in [7, 11) is 1.69. The van der Waals surface area contributed by atoms with E-state index in [1.807, 2.05) is 24.3 Å². The number of phenols is 1. The minimum Gasteiger partial charge on any atom is -0.508 e. The maximum atomic E-state index is 10.9. The van der Waals surface area contributed by atoms with E-state index >= 15 is 0 Å². The van der Waals surface area contributed by atoms with Gasteiger partial charge in [0.25, 0.3) is 0 Å². The molecule has 0 radical (unpaired) electrons. The van der Waals surface area contributed by atoms with Gasteiger partial charge in [-0.2, -0.15) is 0 Å². The van der Waals surface area contributed by atoms with Gasteiger partial charge in [-0.1, -0.05) is 96.1 Å². The highest BCUT2D eigenvalue weighted by atomic mass is 16.5. The monoisotopic (exact) mass is 521 g/mol. The lowest BCUT2D eigenvalue weighted by Crippen LogP contribution is -2.37. The number of rotatable bonds is 4. The van der Waals surface area contributed by atoms with E-state index < -0.39 is 5.41 Å². The lowest BCUT2D eigenvalue weighted by molar-refractivity contribution is 0.414. The largest absolute Gasteiger partial charge is 0.508 e. The van der Waals surface area contributed by atoms with E-state index in [0.717, 1.165) is 28.0 Å². The molecule has 0 spiro atoms. The Balaban J connectivity index is 1.67. The van der Waals surface area contributed by atoms with Gasteiger partial charge >= 0.3 is 0 Å². The molecule has 1 aliphatic rings. The Morgan fingerprint density at radius 1 is 0.725 bits per heavy atom. The van der Waals surface area contributed by atoms with Crippen molar-refractivity contribution in [1.82, 2.24) is 4.98 Å². The number of hydrogen-bond donors (Lipinski definition) is 2. The minimum atomic E-state index is -0.609. The Labute approximate surface area is 234 Å². The third kappa shape index (κ3) is 3.51. The molecule has 6 aromatic rings. The van der Waals surface area contributed by atoms with Crippen LogP contribution in [-0.2, 0) is 5.41 Å². The average Bonchev–Trinajstić information content (AvgIpc) is 3.37. The molecule has 2 N–H and O–H groups in total. The number of aromatic hydroxyl groups is 1. The Morgan fingerprint density at radius 2 is 1.35 bits per heavy atom. The lowest BCUT2D eigenvalue weighted by Gasteiger charge is -2.43. The van der Waals surface area contributed by atoms with Gasteiger partial charge in [0, 0.05) is 22.5 Å². The fourth-order valence-electron chi connectivity index (χ4n) is 6.70. The van der Waals surface area contributed by atoms with Crippen LogP contribution in [-0.4, -0.2) is 17.2 Å². The highest BCUT2D eigenvalue weighted by Gasteiger charge is 2.49. The summed E-state index contributed by atoms with van der Waals surface area (Å²) in [5, 5.41) is 12.1. The zero-order valence-corrected chi connectivity index (χ0v) is 22.9. The first-order valence-corrected chi connectivity index (χ1v) is 13.7. The van der Waals surface area contributed by atoms with Crippen LogP contribution in [0, 0.1) is 13.8 Å². The summed E-state index contributed by atoms with van der Waals surface area (Å²) >= 11 is 0. The molecule has 1 unspecified atom stereocenters. The molecule has 40 heavy (non-hydrogen) atoms. The number of aromatic amines is 1. The number of H-pyrrole nitrogens is 1. The quantitative estimate of drug-likeness (QED) is 0.244. The van der Waals surface area contributed by atoms with Crippen LogP contribution < -0.4 is 4.74 Å². The summed E-state index contributed by atoms with van der Waals surface area (Å²) in [5.41, 5.74) is 11.1. The van der Waals surface area contributed by atoms with E-state index in [2.05, 4.69) is 110 Å². The fraction of sp³-hybridized carbons (Fsp3) is 0.135. The molecule has 1 heterocycles. The lowest BCUT2D eigenvalue weighted by atomic mass is 9.58. The summed E-state index contributed by atoms with van der Waals surface area (Å²) in [6, 6.07) is 40.6. The number of aryl methyl sites for hydroxylation is 2. The molecule has 0 saturated heterocycles. The zero-order valence-electron chi connectivity index (χ0n) is 22.9. The van der Waals surface area contributed by atoms with Gasteiger partial charge in [0.2, 0.25) is 0 Å². The van der Waals surface area contributed by atoms with E-state index in [1.54, 1.807) is 7.11 Å². The Kier molecular flexibility index (Phi) is 5.57. The van der Waals surface area contributed by atoms with Crippen LogP contribution in [0.3, 0.4) is 0 Å². The number of hydrogen-bond acceptors (Lipinski definition) is 2. The van der Waals surface area contributed by atoms with Crippen LogP contribution in [0.25, 0.3) is 10.9 Å². The molecule has 3 heteroatoms. The number of fused-ring (bicyclic) bond motifs is 4. The summed E-state index contributed by atoms with van der Waals surface area (Å²) in [5.74, 6) is 1.01. The van der Waals surface area contributed by atoms with Gasteiger partial charge in [0.1, 0.15) is 11.5 Å². The Hall–Kier alpha value is -4.76. The van der Waals surface area contributed by atoms with Crippen LogP contribution in [0.2, 0.25) is 0 Å². The van der Waals surface area contributed by atoms with Gasteiger partial charge in [-0.15, -0.1) is 0 Å². The van der Waals surface area contributed by atoms with Crippen LogP contribution in [0.15, 0.2) is 115 Å². The van der Waals surface area contributed by atoms with Crippen LogP contribution in [0.1, 0.15) is 56.1 Å². The number of benzene rings is 5. The first kappa shape index (κ1) is 24.3. The second kappa shape index (κ2) is 9.17. The van der Waals surface area contributed by atoms with Crippen molar-refractivity contribution < 1.29 is 9.84 Å². The zero-order chi connectivity index (χ0) is 27.4. The number of phenolic OH excluding ortho intramolecular Hbond substituents is 1. The van der Waals surface area contributed by atoms with Crippen molar-refractivity contribution in [1.29, 1.82) is 0 Å². The minimum absolute atomic E-state index is 0.0804. The number of ether oxygens (including phenoxy) is 1. The molecular formula is C37H31NO2. The summed E-state index contributed by atoms with van der Waals surface area (Å²) in [6.07, 6.45) is 0. The molecule has 196 valence electrons. The van der Waals surface area contributed by atoms with Crippen LogP contribution in [0.4, 0.5) is 0 Å². The molecule has 1 aromatic heterocycles. The van der Waals surface area contributed by atoms with Crippen LogP contribution in [0.5, 0.6) is 11.5 Å². The van der Waals surface area contributed by atoms with Gasteiger partial charge < -0.3 is 14.8 Å². The number of aromatic nitrogens is 1. The smallest absolute Gasteiger partial charge is 0.118 e. The van der Waals surface area contributed by atoms with E-state index in [-0.39, 0.29) is 11.7 Å². The van der Waals surface area contributed by atoms with Crippen molar-refractivity contribution in [2.75, 3.05) is 7.11 Å². The number of nitrogens with one attached hydrogen (secondary N) is 1. The molecule has 0 fully saturated rings. The molecule has 1 atom stereocenters. The van der Waals surface area contributed by atoms with Gasteiger partial charge in [-0.05, 0) is 77.6 Å². The molecule has 5 aromatic carbocycles. The Bertz CT molecular complexity index is 1800. The topological polar surface area (TPSA) is 45.2 Å². The molecule has 7 rings (SSSR count). The van der Waals surface area contributed by atoms with Crippen molar-refractivity contribution in [3.05, 3.63) is 165 Å². The highest BCUT2D eigenvalue weighted by Crippen LogP contribution is 2.57. The summed E-state index contributed by atoms with van der Waals surface area (Å²) in [6.45, 7) is 4.26.